The van der Waals surface area contributed by atoms with E-state index in [1.54, 1.807) is 18.2 Å². The van der Waals surface area contributed by atoms with Gasteiger partial charge in [0, 0.05) is 36.2 Å². The van der Waals surface area contributed by atoms with Crippen LogP contribution in [0.25, 0.3) is 0 Å². The normalized spacial score (nSPS) is 19.5. The minimum absolute atomic E-state index is 0.108. The molecule has 2 N–H and O–H groups in total. The maximum Gasteiger partial charge on any atom is 0.223 e. The van der Waals surface area contributed by atoms with Crippen molar-refractivity contribution in [2.75, 3.05) is 18.8 Å². The van der Waals surface area contributed by atoms with Gasteiger partial charge in [-0.3, -0.25) is 4.79 Å². The summed E-state index contributed by atoms with van der Waals surface area (Å²) in [5.74, 6) is 0.504. The van der Waals surface area contributed by atoms with E-state index in [9.17, 15) is 9.18 Å². The molecule has 0 spiro atoms. The van der Waals surface area contributed by atoms with Crippen molar-refractivity contribution in [1.82, 2.24) is 4.90 Å². The van der Waals surface area contributed by atoms with E-state index >= 15 is 0 Å². The first-order valence-electron chi connectivity index (χ1n) is 6.57. The smallest absolute Gasteiger partial charge is 0.223 e. The molecule has 2 rings (SSSR count). The molecule has 1 aliphatic heterocycles. The highest BCUT2D eigenvalue weighted by molar-refractivity contribution is 7.99. The molecule has 1 aliphatic rings. The van der Waals surface area contributed by atoms with Crippen LogP contribution in [0.4, 0.5) is 4.39 Å². The van der Waals surface area contributed by atoms with Crippen molar-refractivity contribution >= 4 is 17.7 Å². The second-order valence-electron chi connectivity index (χ2n) is 4.77. The molecule has 0 radical (unpaired) electrons. The largest absolute Gasteiger partial charge is 0.341 e. The molecule has 19 heavy (non-hydrogen) atoms. The van der Waals surface area contributed by atoms with Crippen molar-refractivity contribution in [3.63, 3.8) is 0 Å². The van der Waals surface area contributed by atoms with Crippen molar-refractivity contribution in [2.24, 2.45) is 5.73 Å². The number of nitrogens with zero attached hydrogens (tertiary/aromatic N) is 1. The molecule has 104 valence electrons. The lowest BCUT2D eigenvalue weighted by molar-refractivity contribution is -0.131. The summed E-state index contributed by atoms with van der Waals surface area (Å²) in [5.41, 5.74) is 5.85. The highest BCUT2D eigenvalue weighted by Gasteiger charge is 2.20. The van der Waals surface area contributed by atoms with Gasteiger partial charge in [0.25, 0.3) is 0 Å². The van der Waals surface area contributed by atoms with E-state index < -0.39 is 0 Å². The quantitative estimate of drug-likeness (QED) is 0.862. The summed E-state index contributed by atoms with van der Waals surface area (Å²) in [6, 6.07) is 6.75. The summed E-state index contributed by atoms with van der Waals surface area (Å²) in [5, 5.41) is 0. The van der Waals surface area contributed by atoms with Gasteiger partial charge in [-0.2, -0.15) is 0 Å². The summed E-state index contributed by atoms with van der Waals surface area (Å²) in [6.07, 6.45) is 2.41. The van der Waals surface area contributed by atoms with E-state index in [2.05, 4.69) is 0 Å². The van der Waals surface area contributed by atoms with Gasteiger partial charge in [0.2, 0.25) is 5.91 Å². The Balaban J connectivity index is 1.76. The molecule has 5 heteroatoms. The van der Waals surface area contributed by atoms with Gasteiger partial charge in [0.05, 0.1) is 0 Å². The number of benzene rings is 1. The lowest BCUT2D eigenvalue weighted by Crippen LogP contribution is -2.45. The molecule has 1 heterocycles. The van der Waals surface area contributed by atoms with E-state index in [0.717, 1.165) is 19.4 Å². The zero-order valence-electron chi connectivity index (χ0n) is 10.8. The zero-order chi connectivity index (χ0) is 13.7. The molecule has 0 bridgehead atoms. The van der Waals surface area contributed by atoms with Crippen LogP contribution in [0.1, 0.15) is 19.3 Å². The van der Waals surface area contributed by atoms with Crippen LogP contribution in [-0.2, 0) is 4.79 Å². The lowest BCUT2D eigenvalue weighted by atomic mass is 10.1. The summed E-state index contributed by atoms with van der Waals surface area (Å²) in [7, 11) is 0. The lowest BCUT2D eigenvalue weighted by Gasteiger charge is -2.30. The number of likely N-dealkylation sites (tertiary alicyclic amines) is 1. The minimum atomic E-state index is -0.222. The Morgan fingerprint density at radius 3 is 3.00 bits per heavy atom. The average molecular weight is 282 g/mol. The van der Waals surface area contributed by atoms with Gasteiger partial charge in [-0.15, -0.1) is 11.8 Å². The Bertz CT molecular complexity index is 441. The molecule has 1 aromatic rings. The number of halogens is 1. The Morgan fingerprint density at radius 1 is 1.47 bits per heavy atom. The highest BCUT2D eigenvalue weighted by Crippen LogP contribution is 2.22. The predicted octanol–water partition coefficient (Wildman–Crippen LogP) is 2.26. The van der Waals surface area contributed by atoms with E-state index in [1.165, 1.54) is 17.8 Å². The second-order valence-corrected chi connectivity index (χ2v) is 5.91. The monoisotopic (exact) mass is 282 g/mol. The third-order valence-electron chi connectivity index (χ3n) is 3.22. The first-order chi connectivity index (χ1) is 9.16. The fourth-order valence-corrected chi connectivity index (χ4v) is 3.08. The zero-order valence-corrected chi connectivity index (χ0v) is 11.7. The van der Waals surface area contributed by atoms with Crippen LogP contribution in [0.15, 0.2) is 29.2 Å². The molecular formula is C14H19FN2OS. The number of thioether (sulfide) groups is 1. The molecule has 1 atom stereocenters. The first kappa shape index (κ1) is 14.3. The van der Waals surface area contributed by atoms with Crippen LogP contribution in [0.5, 0.6) is 0 Å². The van der Waals surface area contributed by atoms with Crippen LogP contribution in [0.3, 0.4) is 0 Å². The van der Waals surface area contributed by atoms with E-state index in [0.29, 0.717) is 23.6 Å². The topological polar surface area (TPSA) is 46.3 Å². The van der Waals surface area contributed by atoms with Crippen molar-refractivity contribution in [3.05, 3.63) is 30.1 Å². The Hall–Kier alpha value is -1.07. The fraction of sp³-hybridized carbons (Fsp3) is 0.500. The van der Waals surface area contributed by atoms with Gasteiger partial charge in [-0.1, -0.05) is 12.1 Å². The van der Waals surface area contributed by atoms with Gasteiger partial charge >= 0.3 is 0 Å². The summed E-state index contributed by atoms with van der Waals surface area (Å²) in [6.45, 7) is 1.46. The van der Waals surface area contributed by atoms with Crippen molar-refractivity contribution in [2.45, 2.75) is 30.2 Å². The summed E-state index contributed by atoms with van der Waals surface area (Å²) >= 11 is 1.39. The number of nitrogens with two attached hydrogens (primary N) is 1. The summed E-state index contributed by atoms with van der Waals surface area (Å²) < 4.78 is 13.4. The van der Waals surface area contributed by atoms with Crippen LogP contribution in [0, 0.1) is 5.82 Å². The molecule has 0 aliphatic carbocycles. The minimum Gasteiger partial charge on any atom is -0.341 e. The molecule has 1 amide bonds. The Morgan fingerprint density at radius 2 is 2.26 bits per heavy atom. The number of hydrogen-bond acceptors (Lipinski definition) is 3. The second kappa shape index (κ2) is 6.91. The number of rotatable bonds is 4. The maximum atomic E-state index is 13.4. The number of carbonyl (C=O) groups is 1. The van der Waals surface area contributed by atoms with Gasteiger partial charge in [0.1, 0.15) is 5.82 Å². The van der Waals surface area contributed by atoms with Crippen LogP contribution in [-0.4, -0.2) is 35.7 Å². The number of amides is 1. The predicted molar refractivity (Wildman–Crippen MR) is 75.5 cm³/mol. The number of hydrogen-bond donors (Lipinski definition) is 1. The third-order valence-corrected chi connectivity index (χ3v) is 4.27. The third kappa shape index (κ3) is 4.21. The molecule has 1 saturated heterocycles. The van der Waals surface area contributed by atoms with E-state index in [1.807, 2.05) is 4.90 Å². The van der Waals surface area contributed by atoms with E-state index in [-0.39, 0.29) is 17.8 Å². The van der Waals surface area contributed by atoms with Crippen LogP contribution in [0.2, 0.25) is 0 Å². The Kier molecular flexibility index (Phi) is 5.22. The van der Waals surface area contributed by atoms with Gasteiger partial charge in [-0.25, -0.2) is 4.39 Å². The van der Waals surface area contributed by atoms with E-state index in [4.69, 9.17) is 5.73 Å². The van der Waals surface area contributed by atoms with Crippen molar-refractivity contribution in [3.8, 4) is 0 Å². The van der Waals surface area contributed by atoms with Crippen LogP contribution < -0.4 is 5.73 Å². The van der Waals surface area contributed by atoms with Gasteiger partial charge in [0.15, 0.2) is 0 Å². The summed E-state index contributed by atoms with van der Waals surface area (Å²) in [4.78, 5) is 14.4. The van der Waals surface area contributed by atoms with Gasteiger partial charge in [-0.05, 0) is 25.0 Å². The molecule has 1 fully saturated rings. The molecule has 3 nitrogen and oxygen atoms in total. The number of carbonyl (C=O) groups excluding carboxylic acids is 1. The molecule has 0 aromatic heterocycles. The van der Waals surface area contributed by atoms with Crippen molar-refractivity contribution < 1.29 is 9.18 Å². The van der Waals surface area contributed by atoms with Crippen molar-refractivity contribution in [1.29, 1.82) is 0 Å². The molecule has 0 saturated carbocycles. The van der Waals surface area contributed by atoms with Crippen LogP contribution >= 0.6 is 11.8 Å². The fourth-order valence-electron chi connectivity index (χ4n) is 2.20. The molecule has 1 unspecified atom stereocenters. The van der Waals surface area contributed by atoms with Gasteiger partial charge < -0.3 is 10.6 Å². The highest BCUT2D eigenvalue weighted by atomic mass is 32.2. The maximum absolute atomic E-state index is 13.4. The average Bonchev–Trinajstić information content (AvgIpc) is 2.41. The number of piperidine rings is 1. The Labute approximate surface area is 117 Å². The molecule has 1 aromatic carbocycles. The standard InChI is InChI=1S/C14H19FN2OS/c15-12-5-1-2-6-13(12)19-9-7-14(18)17-8-3-4-11(16)10-17/h1-2,5-6,11H,3-4,7-10,16H2. The SMILES string of the molecule is NC1CCCN(C(=O)CCSc2ccccc2F)C1. The molecular weight excluding hydrogens is 263 g/mol. The first-order valence-corrected chi connectivity index (χ1v) is 7.56.